The molecule has 0 aliphatic rings. The van der Waals surface area contributed by atoms with E-state index in [2.05, 4.69) is 5.32 Å². The zero-order valence-corrected chi connectivity index (χ0v) is 19.7. The first-order valence-corrected chi connectivity index (χ1v) is 12.2. The summed E-state index contributed by atoms with van der Waals surface area (Å²) in [4.78, 5) is 26.6. The lowest BCUT2D eigenvalue weighted by Crippen LogP contribution is -2.46. The fourth-order valence-corrected chi connectivity index (χ4v) is 4.26. The predicted octanol–water partition coefficient (Wildman–Crippen LogP) is 2.84. The van der Waals surface area contributed by atoms with Crippen LogP contribution in [-0.2, 0) is 26.2 Å². The number of nitrogens with zero attached hydrogens (tertiary/aromatic N) is 2. The Bertz CT molecular complexity index is 1020. The predicted molar refractivity (Wildman–Crippen MR) is 123 cm³/mol. The Balaban J connectivity index is 2.12. The summed E-state index contributed by atoms with van der Waals surface area (Å²) in [5, 5.41) is 2.53. The van der Waals surface area contributed by atoms with E-state index in [1.165, 1.54) is 28.4 Å². The van der Waals surface area contributed by atoms with Crippen LogP contribution >= 0.6 is 0 Å². The highest BCUT2D eigenvalue weighted by atomic mass is 32.2. The SMILES string of the molecule is CNC(=O)[C@H](C)N(Cc1ccc(F)cc1)C(=O)CCCN(c1ccc(C)cc1)S(C)(=O)=O. The minimum Gasteiger partial charge on any atom is -0.357 e. The van der Waals surface area contributed by atoms with Gasteiger partial charge in [-0.25, -0.2) is 12.8 Å². The van der Waals surface area contributed by atoms with Crippen LogP contribution < -0.4 is 9.62 Å². The van der Waals surface area contributed by atoms with Gasteiger partial charge in [-0.05, 0) is 50.1 Å². The van der Waals surface area contributed by atoms with E-state index >= 15 is 0 Å². The van der Waals surface area contributed by atoms with E-state index in [1.807, 2.05) is 19.1 Å². The summed E-state index contributed by atoms with van der Waals surface area (Å²) in [5.74, 6) is -0.997. The quantitative estimate of drug-likeness (QED) is 0.587. The number of carbonyl (C=O) groups is 2. The number of nitrogens with one attached hydrogen (secondary N) is 1. The van der Waals surface area contributed by atoms with Gasteiger partial charge in [0.15, 0.2) is 0 Å². The molecule has 0 spiro atoms. The molecule has 2 rings (SSSR count). The fourth-order valence-electron chi connectivity index (χ4n) is 3.29. The van der Waals surface area contributed by atoms with E-state index in [4.69, 9.17) is 0 Å². The zero-order valence-electron chi connectivity index (χ0n) is 18.8. The minimum absolute atomic E-state index is 0.0560. The maximum atomic E-state index is 13.2. The summed E-state index contributed by atoms with van der Waals surface area (Å²) in [6, 6.07) is 12.1. The van der Waals surface area contributed by atoms with Gasteiger partial charge in [-0.3, -0.25) is 13.9 Å². The van der Waals surface area contributed by atoms with Crippen molar-refractivity contribution in [3.05, 3.63) is 65.5 Å². The largest absolute Gasteiger partial charge is 0.357 e. The van der Waals surface area contributed by atoms with Crippen LogP contribution in [0.25, 0.3) is 0 Å². The van der Waals surface area contributed by atoms with Gasteiger partial charge in [0.05, 0.1) is 11.9 Å². The molecule has 0 fully saturated rings. The zero-order chi connectivity index (χ0) is 23.9. The van der Waals surface area contributed by atoms with Gasteiger partial charge < -0.3 is 10.2 Å². The van der Waals surface area contributed by atoms with E-state index in [0.717, 1.165) is 11.8 Å². The summed E-state index contributed by atoms with van der Waals surface area (Å²) in [7, 11) is -2.04. The molecule has 1 N–H and O–H groups in total. The van der Waals surface area contributed by atoms with Crippen LogP contribution in [0.2, 0.25) is 0 Å². The molecule has 174 valence electrons. The number of carbonyl (C=O) groups excluding carboxylic acids is 2. The number of anilines is 1. The third kappa shape index (κ3) is 7.05. The van der Waals surface area contributed by atoms with Crippen molar-refractivity contribution in [1.29, 1.82) is 0 Å². The maximum Gasteiger partial charge on any atom is 0.242 e. The van der Waals surface area contributed by atoms with Gasteiger partial charge in [0.2, 0.25) is 21.8 Å². The molecule has 0 unspecified atom stereocenters. The molecule has 1 atom stereocenters. The molecule has 0 bridgehead atoms. The molecule has 2 aromatic rings. The lowest BCUT2D eigenvalue weighted by atomic mass is 10.1. The van der Waals surface area contributed by atoms with E-state index < -0.39 is 16.1 Å². The minimum atomic E-state index is -3.53. The summed E-state index contributed by atoms with van der Waals surface area (Å²) < 4.78 is 39.1. The van der Waals surface area contributed by atoms with Crippen molar-refractivity contribution in [2.24, 2.45) is 0 Å². The Hall–Kier alpha value is -2.94. The van der Waals surface area contributed by atoms with Crippen molar-refractivity contribution in [2.45, 2.75) is 39.3 Å². The second kappa shape index (κ2) is 11.1. The lowest BCUT2D eigenvalue weighted by Gasteiger charge is -2.29. The van der Waals surface area contributed by atoms with Gasteiger partial charge >= 0.3 is 0 Å². The van der Waals surface area contributed by atoms with Crippen molar-refractivity contribution in [2.75, 3.05) is 24.2 Å². The molecule has 32 heavy (non-hydrogen) atoms. The molecular weight excluding hydrogens is 433 g/mol. The number of benzene rings is 2. The fraction of sp³-hybridized carbons (Fsp3) is 0.391. The normalized spacial score (nSPS) is 12.2. The number of aryl methyl sites for hydroxylation is 1. The number of likely N-dealkylation sites (N-methyl/N-ethyl adjacent to an activating group) is 1. The summed E-state index contributed by atoms with van der Waals surface area (Å²) in [5.41, 5.74) is 2.23. The van der Waals surface area contributed by atoms with Crippen molar-refractivity contribution in [3.8, 4) is 0 Å². The molecule has 0 saturated carbocycles. The van der Waals surface area contributed by atoms with Crippen LogP contribution in [0.4, 0.5) is 10.1 Å². The number of amides is 2. The average Bonchev–Trinajstić information content (AvgIpc) is 2.75. The van der Waals surface area contributed by atoms with Crippen LogP contribution in [0, 0.1) is 12.7 Å². The van der Waals surface area contributed by atoms with E-state index in [0.29, 0.717) is 11.3 Å². The first-order chi connectivity index (χ1) is 15.0. The van der Waals surface area contributed by atoms with Crippen molar-refractivity contribution in [1.82, 2.24) is 10.2 Å². The summed E-state index contributed by atoms with van der Waals surface area (Å²) in [6.45, 7) is 3.81. The highest BCUT2D eigenvalue weighted by molar-refractivity contribution is 7.92. The van der Waals surface area contributed by atoms with Crippen molar-refractivity contribution >= 4 is 27.5 Å². The highest BCUT2D eigenvalue weighted by Crippen LogP contribution is 2.20. The molecule has 9 heteroatoms. The summed E-state index contributed by atoms with van der Waals surface area (Å²) in [6.07, 6.45) is 1.46. The van der Waals surface area contributed by atoms with E-state index in [1.54, 1.807) is 31.2 Å². The Morgan fingerprint density at radius 2 is 1.66 bits per heavy atom. The van der Waals surface area contributed by atoms with Gasteiger partial charge in [0.25, 0.3) is 0 Å². The molecule has 0 aliphatic carbocycles. The Kier molecular flexibility index (Phi) is 8.77. The highest BCUT2D eigenvalue weighted by Gasteiger charge is 2.26. The molecule has 2 amide bonds. The molecule has 0 radical (unpaired) electrons. The number of rotatable bonds is 10. The first-order valence-electron chi connectivity index (χ1n) is 10.3. The molecular formula is C23H30FN3O4S. The molecule has 0 aliphatic heterocycles. The molecule has 2 aromatic carbocycles. The molecule has 0 heterocycles. The van der Waals surface area contributed by atoms with Gasteiger partial charge in [-0.2, -0.15) is 0 Å². The van der Waals surface area contributed by atoms with Crippen molar-refractivity contribution < 1.29 is 22.4 Å². The van der Waals surface area contributed by atoms with Gasteiger partial charge in [0.1, 0.15) is 11.9 Å². The van der Waals surface area contributed by atoms with Crippen LogP contribution in [0.5, 0.6) is 0 Å². The third-order valence-electron chi connectivity index (χ3n) is 5.15. The standard InChI is InChI=1S/C23H30FN3O4S/c1-17-7-13-21(14-8-17)27(32(4,30)31)15-5-6-22(28)26(18(2)23(29)25-3)16-19-9-11-20(24)12-10-19/h7-14,18H,5-6,15-16H2,1-4H3,(H,25,29)/t18-/m0/s1. The summed E-state index contributed by atoms with van der Waals surface area (Å²) >= 11 is 0. The van der Waals surface area contributed by atoms with Gasteiger partial charge in [0, 0.05) is 26.6 Å². The maximum absolute atomic E-state index is 13.2. The van der Waals surface area contributed by atoms with Crippen LogP contribution in [0.15, 0.2) is 48.5 Å². The number of hydrogen-bond donors (Lipinski definition) is 1. The van der Waals surface area contributed by atoms with Gasteiger partial charge in [-0.15, -0.1) is 0 Å². The second-order valence-electron chi connectivity index (χ2n) is 7.71. The van der Waals surface area contributed by atoms with E-state index in [-0.39, 0.29) is 43.6 Å². The molecule has 0 aromatic heterocycles. The van der Waals surface area contributed by atoms with Crippen LogP contribution in [0.1, 0.15) is 30.9 Å². The smallest absolute Gasteiger partial charge is 0.242 e. The number of halogens is 1. The van der Waals surface area contributed by atoms with Crippen LogP contribution in [0.3, 0.4) is 0 Å². The molecule has 7 nitrogen and oxygen atoms in total. The number of sulfonamides is 1. The first kappa shape index (κ1) is 25.3. The lowest BCUT2D eigenvalue weighted by molar-refractivity contribution is -0.140. The van der Waals surface area contributed by atoms with Gasteiger partial charge in [-0.1, -0.05) is 29.8 Å². The Morgan fingerprint density at radius 1 is 1.06 bits per heavy atom. The Labute approximate surface area is 189 Å². The second-order valence-corrected chi connectivity index (χ2v) is 9.62. The Morgan fingerprint density at radius 3 is 2.19 bits per heavy atom. The average molecular weight is 464 g/mol. The third-order valence-corrected chi connectivity index (χ3v) is 6.35. The van der Waals surface area contributed by atoms with Crippen molar-refractivity contribution in [3.63, 3.8) is 0 Å². The monoisotopic (exact) mass is 463 g/mol. The number of hydrogen-bond acceptors (Lipinski definition) is 4. The topological polar surface area (TPSA) is 86.8 Å². The van der Waals surface area contributed by atoms with Crippen LogP contribution in [-0.4, -0.2) is 51.0 Å². The molecule has 0 saturated heterocycles. The van der Waals surface area contributed by atoms with E-state index in [9.17, 15) is 22.4 Å².